The molecule has 1 aliphatic rings. The quantitative estimate of drug-likeness (QED) is 0.712. The Morgan fingerprint density at radius 1 is 1.44 bits per heavy atom. The molecule has 0 saturated carbocycles. The molecule has 84 valence electrons. The third kappa shape index (κ3) is 1.83. The molecule has 0 aromatic heterocycles. The van der Waals surface area contributed by atoms with E-state index in [0.717, 1.165) is 12.7 Å². The number of hydrogen-bond donors (Lipinski definition) is 0. The van der Waals surface area contributed by atoms with Crippen molar-refractivity contribution >= 4 is 12.2 Å². The van der Waals surface area contributed by atoms with Crippen LogP contribution >= 0.6 is 0 Å². The average Bonchev–Trinajstić information content (AvgIpc) is 2.77. The summed E-state index contributed by atoms with van der Waals surface area (Å²) >= 11 is 0. The van der Waals surface area contributed by atoms with Gasteiger partial charge in [0.05, 0.1) is 11.6 Å². The first kappa shape index (κ1) is 10.8. The van der Waals surface area contributed by atoms with Gasteiger partial charge in [-0.25, -0.2) is 4.39 Å². The van der Waals surface area contributed by atoms with Crippen LogP contribution in [0.25, 0.3) is 0 Å². The van der Waals surface area contributed by atoms with Crippen molar-refractivity contribution in [1.29, 1.82) is 0 Å². The highest BCUT2D eigenvalue weighted by atomic mass is 19.1. The number of nitrogens with zero attached hydrogens (tertiary/aromatic N) is 1. The summed E-state index contributed by atoms with van der Waals surface area (Å²) in [5.41, 5.74) is 0.0382. The average molecular weight is 221 g/mol. The van der Waals surface area contributed by atoms with Crippen LogP contribution in [0, 0.1) is 5.82 Å². The second kappa shape index (κ2) is 4.43. The molecular formula is C12H12FNO2. The van der Waals surface area contributed by atoms with E-state index in [1.165, 1.54) is 23.1 Å². The van der Waals surface area contributed by atoms with Gasteiger partial charge >= 0.3 is 0 Å². The molecule has 1 amide bonds. The van der Waals surface area contributed by atoms with Crippen LogP contribution in [0.15, 0.2) is 24.3 Å². The van der Waals surface area contributed by atoms with Gasteiger partial charge in [0, 0.05) is 6.54 Å². The smallest absolute Gasteiger partial charge is 0.257 e. The summed E-state index contributed by atoms with van der Waals surface area (Å²) < 4.78 is 13.4. The zero-order valence-corrected chi connectivity index (χ0v) is 8.73. The van der Waals surface area contributed by atoms with E-state index in [2.05, 4.69) is 0 Å². The number of amides is 1. The second-order valence-electron chi connectivity index (χ2n) is 3.82. The van der Waals surface area contributed by atoms with Crippen molar-refractivity contribution in [2.75, 3.05) is 6.54 Å². The third-order valence-electron chi connectivity index (χ3n) is 2.82. The van der Waals surface area contributed by atoms with Crippen LogP contribution in [0.2, 0.25) is 0 Å². The SMILES string of the molecule is O=CC1CCCN1C(=O)c1ccccc1F. The number of likely N-dealkylation sites (tertiary alicyclic amines) is 1. The Morgan fingerprint density at radius 3 is 2.88 bits per heavy atom. The molecule has 1 unspecified atom stereocenters. The summed E-state index contributed by atoms with van der Waals surface area (Å²) in [5, 5.41) is 0. The number of halogens is 1. The number of aldehydes is 1. The lowest BCUT2D eigenvalue weighted by Gasteiger charge is -2.20. The Hall–Kier alpha value is -1.71. The predicted octanol–water partition coefficient (Wildman–Crippen LogP) is 1.63. The highest BCUT2D eigenvalue weighted by Crippen LogP contribution is 2.19. The Bertz CT molecular complexity index is 419. The number of rotatable bonds is 2. The first-order valence-electron chi connectivity index (χ1n) is 5.25. The van der Waals surface area contributed by atoms with Gasteiger partial charge < -0.3 is 9.69 Å². The van der Waals surface area contributed by atoms with E-state index in [1.54, 1.807) is 6.07 Å². The van der Waals surface area contributed by atoms with Crippen LogP contribution in [0.5, 0.6) is 0 Å². The van der Waals surface area contributed by atoms with Gasteiger partial charge in [-0.15, -0.1) is 0 Å². The number of hydrogen-bond acceptors (Lipinski definition) is 2. The lowest BCUT2D eigenvalue weighted by molar-refractivity contribution is -0.111. The maximum Gasteiger partial charge on any atom is 0.257 e. The molecule has 0 N–H and O–H groups in total. The summed E-state index contributed by atoms with van der Waals surface area (Å²) in [5.74, 6) is -0.934. The van der Waals surface area contributed by atoms with Gasteiger partial charge in [0.25, 0.3) is 5.91 Å². The van der Waals surface area contributed by atoms with Gasteiger partial charge in [0.2, 0.25) is 0 Å². The molecule has 3 nitrogen and oxygen atoms in total. The van der Waals surface area contributed by atoms with Crippen LogP contribution in [0.3, 0.4) is 0 Å². The summed E-state index contributed by atoms with van der Waals surface area (Å²) in [6.07, 6.45) is 2.22. The molecule has 16 heavy (non-hydrogen) atoms. The minimum atomic E-state index is -0.538. The fourth-order valence-electron chi connectivity index (χ4n) is 1.98. The maximum atomic E-state index is 13.4. The van der Waals surface area contributed by atoms with Crippen LogP contribution in [0.1, 0.15) is 23.2 Å². The van der Waals surface area contributed by atoms with Crippen LogP contribution in [-0.2, 0) is 4.79 Å². The Labute approximate surface area is 92.9 Å². The fourth-order valence-corrected chi connectivity index (χ4v) is 1.98. The Kier molecular flexibility index (Phi) is 2.99. The van der Waals surface area contributed by atoms with Crippen molar-refractivity contribution in [3.05, 3.63) is 35.6 Å². The van der Waals surface area contributed by atoms with Crippen molar-refractivity contribution in [3.63, 3.8) is 0 Å². The van der Waals surface area contributed by atoms with Crippen molar-refractivity contribution in [3.8, 4) is 0 Å². The highest BCUT2D eigenvalue weighted by Gasteiger charge is 2.29. The van der Waals surface area contributed by atoms with E-state index < -0.39 is 17.8 Å². The van der Waals surface area contributed by atoms with Gasteiger partial charge in [-0.05, 0) is 25.0 Å². The molecule has 0 bridgehead atoms. The van der Waals surface area contributed by atoms with Gasteiger partial charge in [-0.3, -0.25) is 4.79 Å². The molecule has 1 aliphatic heterocycles. The highest BCUT2D eigenvalue weighted by molar-refractivity contribution is 5.96. The van der Waals surface area contributed by atoms with Crippen LogP contribution in [-0.4, -0.2) is 29.7 Å². The first-order chi connectivity index (χ1) is 7.74. The lowest BCUT2D eigenvalue weighted by atomic mass is 10.1. The summed E-state index contributed by atoms with van der Waals surface area (Å²) in [4.78, 5) is 24.2. The van der Waals surface area contributed by atoms with Crippen molar-refractivity contribution in [1.82, 2.24) is 4.90 Å². The molecule has 1 aromatic rings. The van der Waals surface area contributed by atoms with E-state index in [1.807, 2.05) is 0 Å². The summed E-state index contributed by atoms with van der Waals surface area (Å²) in [7, 11) is 0. The molecule has 0 radical (unpaired) electrons. The Balaban J connectivity index is 2.25. The van der Waals surface area contributed by atoms with Crippen molar-refractivity contribution in [2.24, 2.45) is 0 Å². The first-order valence-corrected chi connectivity index (χ1v) is 5.25. The number of carbonyl (C=O) groups is 2. The van der Waals surface area contributed by atoms with E-state index in [4.69, 9.17) is 0 Å². The molecule has 0 spiro atoms. The van der Waals surface area contributed by atoms with Crippen LogP contribution < -0.4 is 0 Å². The third-order valence-corrected chi connectivity index (χ3v) is 2.82. The summed E-state index contributed by atoms with van der Waals surface area (Å²) in [6, 6.07) is 5.44. The van der Waals surface area contributed by atoms with Gasteiger partial charge in [0.1, 0.15) is 12.1 Å². The number of carbonyl (C=O) groups excluding carboxylic acids is 2. The van der Waals surface area contributed by atoms with E-state index in [0.29, 0.717) is 13.0 Å². The monoisotopic (exact) mass is 221 g/mol. The molecule has 4 heteroatoms. The van der Waals surface area contributed by atoms with Gasteiger partial charge in [-0.1, -0.05) is 12.1 Å². The van der Waals surface area contributed by atoms with Gasteiger partial charge in [0.15, 0.2) is 0 Å². The molecule has 1 fully saturated rings. The molecule has 1 saturated heterocycles. The second-order valence-corrected chi connectivity index (χ2v) is 3.82. The normalized spacial score (nSPS) is 19.8. The standard InChI is InChI=1S/C12H12FNO2/c13-11-6-2-1-5-10(11)12(16)14-7-3-4-9(14)8-15/h1-2,5-6,8-9H,3-4,7H2. The molecule has 2 rings (SSSR count). The lowest BCUT2D eigenvalue weighted by Crippen LogP contribution is -2.36. The zero-order valence-electron chi connectivity index (χ0n) is 8.73. The molecule has 1 aromatic carbocycles. The zero-order chi connectivity index (χ0) is 11.5. The summed E-state index contributed by atoms with van der Waals surface area (Å²) in [6.45, 7) is 0.524. The predicted molar refractivity (Wildman–Crippen MR) is 56.5 cm³/mol. The topological polar surface area (TPSA) is 37.4 Å². The van der Waals surface area contributed by atoms with E-state index >= 15 is 0 Å². The van der Waals surface area contributed by atoms with Gasteiger partial charge in [-0.2, -0.15) is 0 Å². The fraction of sp³-hybridized carbons (Fsp3) is 0.333. The van der Waals surface area contributed by atoms with E-state index in [-0.39, 0.29) is 5.56 Å². The molecule has 1 atom stereocenters. The minimum absolute atomic E-state index is 0.0382. The van der Waals surface area contributed by atoms with Crippen molar-refractivity contribution < 1.29 is 14.0 Å². The molecule has 1 heterocycles. The number of benzene rings is 1. The Morgan fingerprint density at radius 2 is 2.19 bits per heavy atom. The maximum absolute atomic E-state index is 13.4. The van der Waals surface area contributed by atoms with Crippen LogP contribution in [0.4, 0.5) is 4.39 Å². The molecule has 0 aliphatic carbocycles. The molecular weight excluding hydrogens is 209 g/mol. The largest absolute Gasteiger partial charge is 0.329 e. The minimum Gasteiger partial charge on any atom is -0.329 e. The van der Waals surface area contributed by atoms with E-state index in [9.17, 15) is 14.0 Å². The van der Waals surface area contributed by atoms with Crippen molar-refractivity contribution in [2.45, 2.75) is 18.9 Å².